The van der Waals surface area contributed by atoms with Crippen LogP contribution < -0.4 is 5.32 Å². The molecule has 0 spiro atoms. The van der Waals surface area contributed by atoms with Gasteiger partial charge in [0.2, 0.25) is 24.0 Å². The third-order valence-corrected chi connectivity index (χ3v) is 7.69. The van der Waals surface area contributed by atoms with E-state index in [-0.39, 0.29) is 36.1 Å². The fourth-order valence-electron chi connectivity index (χ4n) is 5.41. The van der Waals surface area contributed by atoms with Crippen LogP contribution in [-0.4, -0.2) is 88.1 Å². The van der Waals surface area contributed by atoms with Gasteiger partial charge in [0.25, 0.3) is 5.91 Å². The van der Waals surface area contributed by atoms with E-state index < -0.39 is 17.4 Å². The first-order valence-corrected chi connectivity index (χ1v) is 13.2. The highest BCUT2D eigenvalue weighted by Crippen LogP contribution is 2.31. The summed E-state index contributed by atoms with van der Waals surface area (Å²) in [6, 6.07) is 0.671. The van der Waals surface area contributed by atoms with Gasteiger partial charge in [-0.15, -0.1) is 0 Å². The van der Waals surface area contributed by atoms with Crippen molar-refractivity contribution in [3.05, 3.63) is 18.0 Å². The highest BCUT2D eigenvalue weighted by atomic mass is 16.5. The molecule has 2 fully saturated rings. The van der Waals surface area contributed by atoms with Gasteiger partial charge in [0, 0.05) is 32.2 Å². The zero-order valence-corrected chi connectivity index (χ0v) is 22.4. The monoisotopic (exact) mass is 519 g/mol. The van der Waals surface area contributed by atoms with Crippen LogP contribution in [0.4, 0.5) is 0 Å². The van der Waals surface area contributed by atoms with E-state index in [9.17, 15) is 24.4 Å². The Labute approximate surface area is 218 Å². The highest BCUT2D eigenvalue weighted by Gasteiger charge is 2.39. The molecule has 1 saturated carbocycles. The number of nitrogens with zero attached hydrogens (tertiary/aromatic N) is 4. The van der Waals surface area contributed by atoms with Gasteiger partial charge in [-0.25, -0.2) is 5.06 Å². The number of hydroxylamine groups is 2. The molecule has 206 valence electrons. The quantitative estimate of drug-likeness (QED) is 0.275. The van der Waals surface area contributed by atoms with Crippen LogP contribution in [0, 0.1) is 17.3 Å². The van der Waals surface area contributed by atoms with Crippen LogP contribution in [0.1, 0.15) is 76.3 Å². The summed E-state index contributed by atoms with van der Waals surface area (Å²) in [4.78, 5) is 54.0. The predicted octanol–water partition coefficient (Wildman–Crippen LogP) is 2.31. The van der Waals surface area contributed by atoms with Gasteiger partial charge in [0.05, 0.1) is 18.7 Å². The maximum Gasteiger partial charge on any atom is 0.292 e. The summed E-state index contributed by atoms with van der Waals surface area (Å²) in [5.74, 6) is -0.787. The minimum atomic E-state index is -0.784. The van der Waals surface area contributed by atoms with Gasteiger partial charge >= 0.3 is 0 Å². The Kier molecular flexibility index (Phi) is 9.69. The number of hydrogen-bond donors (Lipinski definition) is 2. The number of likely N-dealkylation sites (N-methyl/N-ethyl adjacent to an activating group) is 1. The zero-order valence-electron chi connectivity index (χ0n) is 22.4. The van der Waals surface area contributed by atoms with Crippen molar-refractivity contribution < 1.29 is 28.9 Å². The number of piperidine rings is 1. The second-order valence-electron chi connectivity index (χ2n) is 11.5. The van der Waals surface area contributed by atoms with Crippen molar-refractivity contribution in [2.75, 3.05) is 26.7 Å². The molecule has 2 N–H and O–H groups in total. The molecule has 0 unspecified atom stereocenters. The molecular formula is C26H41N5O6. The van der Waals surface area contributed by atoms with E-state index in [0.717, 1.165) is 25.7 Å². The second kappa shape index (κ2) is 12.5. The van der Waals surface area contributed by atoms with Crippen LogP contribution in [0.25, 0.3) is 0 Å². The lowest BCUT2D eigenvalue weighted by Crippen LogP contribution is -2.58. The Morgan fingerprint density at radius 2 is 1.86 bits per heavy atom. The van der Waals surface area contributed by atoms with E-state index >= 15 is 0 Å². The number of aromatic nitrogens is 1. The molecular weight excluding hydrogens is 478 g/mol. The largest absolute Gasteiger partial charge is 0.351 e. The van der Waals surface area contributed by atoms with Crippen molar-refractivity contribution in [1.82, 2.24) is 25.3 Å². The van der Waals surface area contributed by atoms with Gasteiger partial charge in [0.1, 0.15) is 6.04 Å². The molecule has 1 aliphatic heterocycles. The molecule has 3 rings (SSSR count). The Bertz CT molecular complexity index is 916. The number of carbonyl (C=O) groups is 4. The molecule has 37 heavy (non-hydrogen) atoms. The normalized spacial score (nSPS) is 18.8. The number of amides is 4. The number of hydrogen-bond acceptors (Lipinski definition) is 7. The third-order valence-electron chi connectivity index (χ3n) is 7.69. The summed E-state index contributed by atoms with van der Waals surface area (Å²) < 4.78 is 4.98. The maximum absolute atomic E-state index is 13.7. The number of nitrogens with one attached hydrogen (secondary N) is 1. The summed E-state index contributed by atoms with van der Waals surface area (Å²) in [7, 11) is 1.74. The van der Waals surface area contributed by atoms with Crippen molar-refractivity contribution in [2.45, 2.75) is 77.8 Å². The summed E-state index contributed by atoms with van der Waals surface area (Å²) in [5, 5.41) is 16.9. The first kappa shape index (κ1) is 28.6. The number of rotatable bonds is 10. The van der Waals surface area contributed by atoms with E-state index in [0.29, 0.717) is 49.7 Å². The molecule has 11 heteroatoms. The molecule has 2 atom stereocenters. The molecule has 1 aliphatic carbocycles. The molecule has 4 amide bonds. The van der Waals surface area contributed by atoms with E-state index in [2.05, 4.69) is 10.5 Å². The van der Waals surface area contributed by atoms with Gasteiger partial charge < -0.3 is 19.6 Å². The number of likely N-dealkylation sites (tertiary alicyclic amines) is 1. The lowest BCUT2D eigenvalue weighted by molar-refractivity contribution is -0.156. The van der Waals surface area contributed by atoms with Crippen LogP contribution in [0.5, 0.6) is 0 Å². The van der Waals surface area contributed by atoms with E-state index in [1.165, 1.54) is 12.3 Å². The van der Waals surface area contributed by atoms with E-state index in [1.807, 2.05) is 20.8 Å². The van der Waals surface area contributed by atoms with Crippen molar-refractivity contribution in [2.24, 2.45) is 17.3 Å². The van der Waals surface area contributed by atoms with Gasteiger partial charge in [0.15, 0.2) is 0 Å². The first-order chi connectivity index (χ1) is 17.5. The fraction of sp³-hybridized carbons (Fsp3) is 0.731. The molecule has 0 radical (unpaired) electrons. The third kappa shape index (κ3) is 7.53. The summed E-state index contributed by atoms with van der Waals surface area (Å²) in [6.45, 7) is 6.56. The summed E-state index contributed by atoms with van der Waals surface area (Å²) in [5.41, 5.74) is -0.564. The lowest BCUT2D eigenvalue weighted by Gasteiger charge is -2.40. The average molecular weight is 520 g/mol. The minimum absolute atomic E-state index is 0.0784. The first-order valence-electron chi connectivity index (χ1n) is 13.2. The average Bonchev–Trinajstić information content (AvgIpc) is 3.59. The smallest absolute Gasteiger partial charge is 0.292 e. The SMILES string of the molecule is CN(C(=O)[C@@H](NC(=O)[C@H](CC1CCCC1)CN(O)C=O)C(C)(C)C)C1CCN(C(=O)c2ccno2)CC1. The standard InChI is InChI=1S/C26H41N5O6/c1-26(2,3)22(28-23(33)19(16-31(36)17-32)15-18-7-5-6-8-18)25(35)29(4)20-10-13-30(14-11-20)24(34)21-9-12-27-37-21/h9,12,17-20,22,36H,5-8,10-11,13-16H2,1-4H3,(H,28,33)/t19-,22-/m1/s1. The molecule has 1 saturated heterocycles. The highest BCUT2D eigenvalue weighted by molar-refractivity contribution is 5.91. The van der Waals surface area contributed by atoms with E-state index in [1.54, 1.807) is 16.8 Å². The minimum Gasteiger partial charge on any atom is -0.351 e. The van der Waals surface area contributed by atoms with Crippen LogP contribution in [0.3, 0.4) is 0 Å². The van der Waals surface area contributed by atoms with Crippen LogP contribution >= 0.6 is 0 Å². The van der Waals surface area contributed by atoms with Crippen LogP contribution in [0.2, 0.25) is 0 Å². The molecule has 2 aliphatic rings. The predicted molar refractivity (Wildman–Crippen MR) is 134 cm³/mol. The van der Waals surface area contributed by atoms with Crippen molar-refractivity contribution in [1.29, 1.82) is 0 Å². The van der Waals surface area contributed by atoms with Crippen LogP contribution in [0.15, 0.2) is 16.8 Å². The molecule has 1 aromatic rings. The Hall–Kier alpha value is -2.95. The Morgan fingerprint density at radius 1 is 1.22 bits per heavy atom. The lowest BCUT2D eigenvalue weighted by atomic mass is 9.84. The Morgan fingerprint density at radius 3 is 2.41 bits per heavy atom. The molecule has 11 nitrogen and oxygen atoms in total. The Balaban J connectivity index is 1.64. The maximum atomic E-state index is 13.7. The van der Waals surface area contributed by atoms with E-state index in [4.69, 9.17) is 4.52 Å². The van der Waals surface area contributed by atoms with Gasteiger partial charge in [-0.05, 0) is 30.6 Å². The molecule has 2 heterocycles. The van der Waals surface area contributed by atoms with Crippen molar-refractivity contribution in [3.8, 4) is 0 Å². The van der Waals surface area contributed by atoms with Gasteiger partial charge in [-0.2, -0.15) is 0 Å². The zero-order chi connectivity index (χ0) is 27.2. The van der Waals surface area contributed by atoms with Crippen molar-refractivity contribution >= 4 is 24.1 Å². The fourth-order valence-corrected chi connectivity index (χ4v) is 5.41. The van der Waals surface area contributed by atoms with Crippen LogP contribution in [-0.2, 0) is 14.4 Å². The summed E-state index contributed by atoms with van der Waals surface area (Å²) in [6.07, 6.45) is 7.80. The topological polar surface area (TPSA) is 136 Å². The number of carbonyl (C=O) groups excluding carboxylic acids is 4. The summed E-state index contributed by atoms with van der Waals surface area (Å²) >= 11 is 0. The van der Waals surface area contributed by atoms with Gasteiger partial charge in [-0.1, -0.05) is 51.6 Å². The molecule has 0 aromatic carbocycles. The second-order valence-corrected chi connectivity index (χ2v) is 11.5. The molecule has 0 bridgehead atoms. The van der Waals surface area contributed by atoms with Crippen molar-refractivity contribution in [3.63, 3.8) is 0 Å². The van der Waals surface area contributed by atoms with Gasteiger partial charge in [-0.3, -0.25) is 24.4 Å². The molecule has 1 aromatic heterocycles.